The average molecular weight is 342 g/mol. The van der Waals surface area contributed by atoms with E-state index in [9.17, 15) is 14.4 Å². The summed E-state index contributed by atoms with van der Waals surface area (Å²) in [7, 11) is 5.33. The molecule has 0 saturated heterocycles. The molecule has 8 nitrogen and oxygen atoms in total. The largest absolute Gasteiger partial charge is 0.348 e. The maximum absolute atomic E-state index is 12.2. The number of rotatable bonds is 12. The van der Waals surface area contributed by atoms with Crippen LogP contribution in [0.3, 0.4) is 0 Å². The van der Waals surface area contributed by atoms with Gasteiger partial charge < -0.3 is 25.5 Å². The zero-order chi connectivity index (χ0) is 18.7. The molecule has 0 fully saturated rings. The quantitative estimate of drug-likeness (QED) is 0.195. The Morgan fingerprint density at radius 2 is 1.75 bits per heavy atom. The number of amides is 2. The first-order valence-corrected chi connectivity index (χ1v) is 8.30. The van der Waals surface area contributed by atoms with Crippen LogP contribution in [-0.4, -0.2) is 74.7 Å². The van der Waals surface area contributed by atoms with Gasteiger partial charge >= 0.3 is 0 Å². The Labute approximate surface area is 145 Å². The van der Waals surface area contributed by atoms with E-state index in [0.717, 1.165) is 19.4 Å². The second-order valence-electron chi connectivity index (χ2n) is 6.63. The van der Waals surface area contributed by atoms with Gasteiger partial charge in [-0.3, -0.25) is 9.59 Å². The molecule has 0 radical (unpaired) electrons. The van der Waals surface area contributed by atoms with Crippen LogP contribution in [0.25, 0.3) is 0 Å². The first-order valence-electron chi connectivity index (χ1n) is 8.30. The molecule has 0 rings (SSSR count). The van der Waals surface area contributed by atoms with Gasteiger partial charge in [0.15, 0.2) is 7.85 Å². The molecule has 0 aromatic heterocycles. The molecular weight excluding hydrogens is 311 g/mol. The molecule has 0 aliphatic carbocycles. The highest BCUT2D eigenvalue weighted by atomic mass is 16.5. The molecule has 0 aliphatic rings. The van der Waals surface area contributed by atoms with Crippen molar-refractivity contribution in [2.45, 2.75) is 45.2 Å². The highest BCUT2D eigenvalue weighted by molar-refractivity contribution is 6.58. The Balaban J connectivity index is 4.74. The zero-order valence-electron chi connectivity index (χ0n) is 15.4. The lowest BCUT2D eigenvalue weighted by Gasteiger charge is -2.23. The predicted octanol–water partition coefficient (Wildman–Crippen LogP) is -1.52. The third-order valence-corrected chi connectivity index (χ3v) is 3.58. The SMILES string of the molecule is BC(=O)CNC(=O)[C@H](CCCCN(C)C)NC(=O)[C@@H](NO)C(C)C. The van der Waals surface area contributed by atoms with Crippen LogP contribution in [0, 0.1) is 5.92 Å². The third kappa shape index (κ3) is 9.64. The maximum atomic E-state index is 12.2. The van der Waals surface area contributed by atoms with Gasteiger partial charge in [-0.15, -0.1) is 0 Å². The monoisotopic (exact) mass is 342 g/mol. The van der Waals surface area contributed by atoms with Gasteiger partial charge in [0.25, 0.3) is 0 Å². The number of hydrogen-bond donors (Lipinski definition) is 4. The van der Waals surface area contributed by atoms with Crippen molar-refractivity contribution in [2.24, 2.45) is 5.92 Å². The number of hydrogen-bond acceptors (Lipinski definition) is 6. The molecule has 0 unspecified atom stereocenters. The van der Waals surface area contributed by atoms with Gasteiger partial charge in [-0.25, -0.2) is 0 Å². The molecule has 0 aromatic carbocycles. The van der Waals surface area contributed by atoms with E-state index in [-0.39, 0.29) is 24.1 Å². The fourth-order valence-electron chi connectivity index (χ4n) is 2.15. The number of nitrogens with zero attached hydrogens (tertiary/aromatic N) is 1. The van der Waals surface area contributed by atoms with Crippen LogP contribution >= 0.6 is 0 Å². The molecule has 24 heavy (non-hydrogen) atoms. The molecule has 4 N–H and O–H groups in total. The van der Waals surface area contributed by atoms with Crippen LogP contribution in [-0.2, 0) is 14.4 Å². The normalized spacial score (nSPS) is 13.6. The van der Waals surface area contributed by atoms with E-state index in [1.165, 1.54) is 7.85 Å². The first kappa shape index (κ1) is 22.6. The molecule has 138 valence electrons. The second-order valence-corrected chi connectivity index (χ2v) is 6.63. The van der Waals surface area contributed by atoms with Crippen molar-refractivity contribution in [1.29, 1.82) is 0 Å². The first-order chi connectivity index (χ1) is 11.2. The van der Waals surface area contributed by atoms with E-state index in [1.54, 1.807) is 13.8 Å². The summed E-state index contributed by atoms with van der Waals surface area (Å²) in [4.78, 5) is 37.5. The summed E-state index contributed by atoms with van der Waals surface area (Å²) in [5.41, 5.74) is 1.82. The minimum atomic E-state index is -0.796. The van der Waals surface area contributed by atoms with Gasteiger partial charge in [-0.05, 0) is 45.8 Å². The van der Waals surface area contributed by atoms with Gasteiger partial charge in [0, 0.05) is 0 Å². The number of carbonyl (C=O) groups is 3. The highest BCUT2D eigenvalue weighted by Crippen LogP contribution is 2.06. The van der Waals surface area contributed by atoms with Gasteiger partial charge in [0.1, 0.15) is 17.8 Å². The van der Waals surface area contributed by atoms with Gasteiger partial charge in [0.05, 0.1) is 6.54 Å². The number of nitrogens with one attached hydrogen (secondary N) is 3. The summed E-state index contributed by atoms with van der Waals surface area (Å²) in [6.07, 6.45) is 2.13. The smallest absolute Gasteiger partial charge is 0.242 e. The Bertz CT molecular complexity index is 418. The van der Waals surface area contributed by atoms with E-state index in [1.807, 2.05) is 24.5 Å². The minimum absolute atomic E-state index is 0.0608. The summed E-state index contributed by atoms with van der Waals surface area (Å²) in [6, 6.07) is -1.52. The van der Waals surface area contributed by atoms with Crippen LogP contribution in [0.4, 0.5) is 0 Å². The van der Waals surface area contributed by atoms with E-state index < -0.39 is 18.0 Å². The van der Waals surface area contributed by atoms with Crippen LogP contribution in [0.15, 0.2) is 0 Å². The molecule has 0 bridgehead atoms. The minimum Gasteiger partial charge on any atom is -0.348 e. The molecule has 2 amide bonds. The summed E-state index contributed by atoms with van der Waals surface area (Å²) in [6.45, 7) is 4.40. The Morgan fingerprint density at radius 1 is 1.12 bits per heavy atom. The summed E-state index contributed by atoms with van der Waals surface area (Å²) >= 11 is 0. The molecule has 2 atom stereocenters. The summed E-state index contributed by atoms with van der Waals surface area (Å²) < 4.78 is 0. The second kappa shape index (κ2) is 12.0. The number of hydroxylamine groups is 1. The van der Waals surface area contributed by atoms with Crippen molar-refractivity contribution in [3.8, 4) is 0 Å². The van der Waals surface area contributed by atoms with Gasteiger partial charge in [-0.1, -0.05) is 13.8 Å². The molecule has 0 saturated carbocycles. The maximum Gasteiger partial charge on any atom is 0.242 e. The molecule has 0 heterocycles. The Morgan fingerprint density at radius 3 is 2.21 bits per heavy atom. The molecule has 0 spiro atoms. The van der Waals surface area contributed by atoms with Crippen molar-refractivity contribution >= 4 is 25.3 Å². The van der Waals surface area contributed by atoms with Crippen molar-refractivity contribution in [2.75, 3.05) is 27.2 Å². The van der Waals surface area contributed by atoms with Gasteiger partial charge in [-0.2, -0.15) is 5.48 Å². The highest BCUT2D eigenvalue weighted by Gasteiger charge is 2.26. The van der Waals surface area contributed by atoms with E-state index >= 15 is 0 Å². The predicted molar refractivity (Wildman–Crippen MR) is 94.4 cm³/mol. The van der Waals surface area contributed by atoms with Crippen LogP contribution in [0.2, 0.25) is 0 Å². The van der Waals surface area contributed by atoms with Crippen molar-refractivity contribution < 1.29 is 19.6 Å². The van der Waals surface area contributed by atoms with Gasteiger partial charge in [0.2, 0.25) is 11.8 Å². The van der Waals surface area contributed by atoms with Crippen LogP contribution in [0.1, 0.15) is 33.1 Å². The Kier molecular flexibility index (Phi) is 11.3. The number of carbonyl (C=O) groups excluding carboxylic acids is 3. The van der Waals surface area contributed by atoms with Crippen LogP contribution in [0.5, 0.6) is 0 Å². The lowest BCUT2D eigenvalue weighted by molar-refractivity contribution is -0.132. The summed E-state index contributed by atoms with van der Waals surface area (Å²) in [5.74, 6) is -0.961. The molecular formula is C15H31BN4O4. The molecule has 0 aliphatic heterocycles. The van der Waals surface area contributed by atoms with Crippen molar-refractivity contribution in [3.05, 3.63) is 0 Å². The van der Waals surface area contributed by atoms with E-state index in [0.29, 0.717) is 6.42 Å². The number of unbranched alkanes of at least 4 members (excludes halogenated alkanes) is 1. The van der Waals surface area contributed by atoms with Crippen LogP contribution < -0.4 is 16.1 Å². The zero-order valence-corrected chi connectivity index (χ0v) is 15.4. The molecule has 0 aromatic rings. The topological polar surface area (TPSA) is 111 Å². The Hall–Kier alpha value is -1.45. The lowest BCUT2D eigenvalue weighted by atomic mass is 10.0. The standard InChI is InChI=1S/C15H31BN4O4/c1-10(2)13(19-24)15(23)18-11(7-5-6-8-20(3)4)14(22)17-9-12(16)21/h10-11,13,19,24H,5-9,16H2,1-4H3,(H,17,22)(H,18,23)/t11-,13-/m0/s1. The van der Waals surface area contributed by atoms with E-state index in [4.69, 9.17) is 5.21 Å². The van der Waals surface area contributed by atoms with E-state index in [2.05, 4.69) is 10.6 Å². The average Bonchev–Trinajstić information content (AvgIpc) is 2.47. The van der Waals surface area contributed by atoms with Crippen molar-refractivity contribution in [3.63, 3.8) is 0 Å². The third-order valence-electron chi connectivity index (χ3n) is 3.58. The lowest BCUT2D eigenvalue weighted by Crippen LogP contribution is -2.54. The van der Waals surface area contributed by atoms with Crippen molar-refractivity contribution in [1.82, 2.24) is 21.0 Å². The fourth-order valence-corrected chi connectivity index (χ4v) is 2.15. The molecule has 9 heteroatoms. The summed E-state index contributed by atoms with van der Waals surface area (Å²) in [5, 5.41) is 14.3. The fraction of sp³-hybridized carbons (Fsp3) is 0.800.